The summed E-state index contributed by atoms with van der Waals surface area (Å²) in [6, 6.07) is 11.2. The zero-order valence-electron chi connectivity index (χ0n) is 21.4. The van der Waals surface area contributed by atoms with Crippen molar-refractivity contribution < 1.29 is 24.3 Å². The van der Waals surface area contributed by atoms with Crippen LogP contribution in [-0.4, -0.2) is 38.9 Å². The van der Waals surface area contributed by atoms with E-state index in [1.54, 1.807) is 6.92 Å². The summed E-state index contributed by atoms with van der Waals surface area (Å²) in [4.78, 5) is 55.3. The Morgan fingerprint density at radius 2 is 1.68 bits per heavy atom. The molecule has 0 spiro atoms. The molecule has 6 heteroatoms. The molecule has 37 heavy (non-hydrogen) atoms. The second kappa shape index (κ2) is 7.85. The number of phenolic OH excluding ortho intramolecular Hbond substituents is 1. The number of amides is 2. The number of rotatable bonds is 1. The number of nitrogens with zero attached hydrogens (tertiary/aromatic N) is 1. The van der Waals surface area contributed by atoms with E-state index in [-0.39, 0.29) is 35.6 Å². The molecule has 2 aromatic rings. The summed E-state index contributed by atoms with van der Waals surface area (Å²) >= 11 is 0. The van der Waals surface area contributed by atoms with Gasteiger partial charge >= 0.3 is 0 Å². The van der Waals surface area contributed by atoms with Gasteiger partial charge in [-0.3, -0.25) is 24.1 Å². The maximum absolute atomic E-state index is 13.7. The molecule has 3 aliphatic carbocycles. The number of carbonyl (C=O) groups excluding carboxylic acids is 4. The maximum Gasteiger partial charge on any atom is 0.234 e. The molecule has 4 atom stereocenters. The Labute approximate surface area is 215 Å². The molecule has 6 rings (SSSR count). The quantitative estimate of drug-likeness (QED) is 0.350. The summed E-state index contributed by atoms with van der Waals surface area (Å²) in [6.45, 7) is 7.19. The molecule has 1 aliphatic heterocycles. The van der Waals surface area contributed by atoms with Gasteiger partial charge in [0.15, 0.2) is 11.6 Å². The first-order valence-electron chi connectivity index (χ1n) is 12.8. The minimum atomic E-state index is -0.661. The number of aromatic hydroxyl groups is 1. The molecular formula is C31H29NO5. The number of allylic oxidation sites excluding steroid dienone is 6. The molecule has 188 valence electrons. The minimum Gasteiger partial charge on any atom is -0.507 e. The van der Waals surface area contributed by atoms with Gasteiger partial charge in [-0.2, -0.15) is 0 Å². The van der Waals surface area contributed by atoms with Crippen LogP contribution in [0.1, 0.15) is 52.0 Å². The number of carbonyl (C=O) groups is 4. The van der Waals surface area contributed by atoms with Crippen LogP contribution in [0.2, 0.25) is 0 Å². The van der Waals surface area contributed by atoms with E-state index >= 15 is 0 Å². The van der Waals surface area contributed by atoms with E-state index in [1.807, 2.05) is 63.2 Å². The molecule has 6 nitrogen and oxygen atoms in total. The molecule has 1 heterocycles. The molecule has 0 bridgehead atoms. The lowest BCUT2D eigenvalue weighted by Crippen LogP contribution is -2.46. The first kappa shape index (κ1) is 23.6. The van der Waals surface area contributed by atoms with Crippen LogP contribution in [0.5, 0.6) is 5.75 Å². The van der Waals surface area contributed by atoms with Gasteiger partial charge in [0, 0.05) is 39.1 Å². The van der Waals surface area contributed by atoms with Crippen LogP contribution in [0, 0.1) is 17.8 Å². The SMILES string of the molecule is CC1=CC(=O)C2=C(C1=O)[C@@H](c1ccc3ccccc3c1O)C1=CC[C@@H]3C(=O)N(C(C)(C)C)C(=O)[C@@H]3[C@@H]1C2. The fourth-order valence-corrected chi connectivity index (χ4v) is 6.88. The summed E-state index contributed by atoms with van der Waals surface area (Å²) in [5.41, 5.74) is 1.88. The summed E-state index contributed by atoms with van der Waals surface area (Å²) in [7, 11) is 0. The Morgan fingerprint density at radius 1 is 0.946 bits per heavy atom. The Bertz CT molecular complexity index is 1530. The van der Waals surface area contributed by atoms with E-state index in [1.165, 1.54) is 11.0 Å². The molecule has 0 unspecified atom stereocenters. The minimum absolute atomic E-state index is 0.0659. The number of phenols is 1. The summed E-state index contributed by atoms with van der Waals surface area (Å²) in [5, 5.41) is 13.0. The fourth-order valence-electron chi connectivity index (χ4n) is 6.88. The number of ketones is 2. The molecule has 0 saturated carbocycles. The van der Waals surface area contributed by atoms with Crippen molar-refractivity contribution in [2.45, 2.75) is 52.0 Å². The largest absolute Gasteiger partial charge is 0.507 e. The topological polar surface area (TPSA) is 91.8 Å². The highest BCUT2D eigenvalue weighted by molar-refractivity contribution is 6.24. The van der Waals surface area contributed by atoms with Gasteiger partial charge in [0.1, 0.15) is 5.75 Å². The standard InChI is InChI=1S/C31H29NO5/c1-15-13-23(33)22-14-21-18(11-12-20-25(21)30(37)32(29(20)36)31(2,3)4)24(26(22)27(15)34)19-10-9-16-7-5-6-8-17(16)28(19)35/h5-11,13,20-21,24-25,35H,12,14H2,1-4H3/t20-,21+,24+,25-/m0/s1. The third kappa shape index (κ3) is 3.24. The van der Waals surface area contributed by atoms with E-state index in [9.17, 15) is 24.3 Å². The molecule has 0 radical (unpaired) electrons. The van der Waals surface area contributed by atoms with Crippen molar-refractivity contribution in [1.82, 2.24) is 4.90 Å². The fraction of sp³-hybridized carbons (Fsp3) is 0.355. The summed E-state index contributed by atoms with van der Waals surface area (Å²) in [5.74, 6) is -2.92. The van der Waals surface area contributed by atoms with Gasteiger partial charge < -0.3 is 5.11 Å². The van der Waals surface area contributed by atoms with Gasteiger partial charge in [-0.05, 0) is 57.9 Å². The lowest BCUT2D eigenvalue weighted by molar-refractivity contribution is -0.145. The molecule has 1 N–H and O–H groups in total. The van der Waals surface area contributed by atoms with Crippen molar-refractivity contribution in [2.75, 3.05) is 0 Å². The Hall–Kier alpha value is -3.80. The van der Waals surface area contributed by atoms with Gasteiger partial charge in [0.05, 0.1) is 11.8 Å². The first-order chi connectivity index (χ1) is 17.5. The highest BCUT2D eigenvalue weighted by Crippen LogP contribution is 2.57. The van der Waals surface area contributed by atoms with Gasteiger partial charge in [-0.25, -0.2) is 0 Å². The highest BCUT2D eigenvalue weighted by Gasteiger charge is 2.58. The molecular weight excluding hydrogens is 466 g/mol. The van der Waals surface area contributed by atoms with Crippen molar-refractivity contribution in [1.29, 1.82) is 0 Å². The van der Waals surface area contributed by atoms with E-state index in [2.05, 4.69) is 0 Å². The number of likely N-dealkylation sites (tertiary alicyclic amines) is 1. The van der Waals surface area contributed by atoms with Gasteiger partial charge in [-0.1, -0.05) is 48.0 Å². The molecule has 4 aliphatic rings. The normalized spacial score (nSPS) is 27.7. The van der Waals surface area contributed by atoms with Gasteiger partial charge in [0.25, 0.3) is 0 Å². The molecule has 2 aromatic carbocycles. The number of imide groups is 1. The van der Waals surface area contributed by atoms with Crippen LogP contribution in [0.4, 0.5) is 0 Å². The number of fused-ring (bicyclic) bond motifs is 4. The van der Waals surface area contributed by atoms with Crippen molar-refractivity contribution in [2.24, 2.45) is 17.8 Å². The number of hydrogen-bond acceptors (Lipinski definition) is 5. The average Bonchev–Trinajstić information content (AvgIpc) is 3.12. The third-order valence-corrected chi connectivity index (χ3v) is 8.48. The van der Waals surface area contributed by atoms with Crippen molar-refractivity contribution in [3.8, 4) is 5.75 Å². The number of hydrogen-bond donors (Lipinski definition) is 1. The van der Waals surface area contributed by atoms with E-state index in [4.69, 9.17) is 0 Å². The number of Topliss-reactive ketones (excluding diaryl/α,β-unsaturated/α-hetero) is 1. The maximum atomic E-state index is 13.7. The van der Waals surface area contributed by atoms with Crippen molar-refractivity contribution >= 4 is 34.2 Å². The van der Waals surface area contributed by atoms with E-state index < -0.39 is 29.2 Å². The molecule has 1 fully saturated rings. The molecule has 1 saturated heterocycles. The molecule has 2 amide bonds. The van der Waals surface area contributed by atoms with Crippen LogP contribution in [0.3, 0.4) is 0 Å². The number of benzene rings is 2. The Balaban J connectivity index is 1.57. The predicted molar refractivity (Wildman–Crippen MR) is 139 cm³/mol. The third-order valence-electron chi connectivity index (χ3n) is 8.48. The van der Waals surface area contributed by atoms with Crippen molar-refractivity contribution in [3.05, 3.63) is 76.4 Å². The predicted octanol–water partition coefficient (Wildman–Crippen LogP) is 4.77. The Morgan fingerprint density at radius 3 is 2.41 bits per heavy atom. The molecule has 0 aromatic heterocycles. The van der Waals surface area contributed by atoms with Crippen molar-refractivity contribution in [3.63, 3.8) is 0 Å². The lowest BCUT2D eigenvalue weighted by atomic mass is 9.59. The van der Waals surface area contributed by atoms with Gasteiger partial charge in [-0.15, -0.1) is 0 Å². The van der Waals surface area contributed by atoms with Crippen LogP contribution < -0.4 is 0 Å². The summed E-state index contributed by atoms with van der Waals surface area (Å²) < 4.78 is 0. The van der Waals surface area contributed by atoms with Gasteiger partial charge in [0.2, 0.25) is 11.8 Å². The summed E-state index contributed by atoms with van der Waals surface area (Å²) in [6.07, 6.45) is 3.98. The van der Waals surface area contributed by atoms with E-state index in [0.717, 1.165) is 11.0 Å². The first-order valence-corrected chi connectivity index (χ1v) is 12.8. The van der Waals surface area contributed by atoms with Crippen LogP contribution >= 0.6 is 0 Å². The Kier molecular flexibility index (Phi) is 5.00. The average molecular weight is 496 g/mol. The smallest absolute Gasteiger partial charge is 0.234 e. The zero-order valence-corrected chi connectivity index (χ0v) is 21.4. The second-order valence-corrected chi connectivity index (χ2v) is 11.6. The second-order valence-electron chi connectivity index (χ2n) is 11.6. The monoisotopic (exact) mass is 495 g/mol. The van der Waals surface area contributed by atoms with Crippen LogP contribution in [0.25, 0.3) is 10.8 Å². The lowest BCUT2D eigenvalue weighted by Gasteiger charge is -2.42. The van der Waals surface area contributed by atoms with E-state index in [0.29, 0.717) is 34.1 Å². The van der Waals surface area contributed by atoms with Crippen LogP contribution in [0.15, 0.2) is 70.8 Å². The van der Waals surface area contributed by atoms with Crippen LogP contribution in [-0.2, 0) is 19.2 Å². The zero-order chi connectivity index (χ0) is 26.4. The highest BCUT2D eigenvalue weighted by atomic mass is 16.3.